The molecule has 5 aromatic carbocycles. The molecule has 54 heavy (non-hydrogen) atoms. The van der Waals surface area contributed by atoms with Gasteiger partial charge in [0, 0.05) is 25.2 Å². The largest absolute Gasteiger partial charge is 0.508 e. The first-order valence-corrected chi connectivity index (χ1v) is 19.0. The zero-order chi connectivity index (χ0) is 37.7. The van der Waals surface area contributed by atoms with Gasteiger partial charge in [0.05, 0.1) is 0 Å². The number of hydrogen-bond donors (Lipinski definition) is 3. The Hall–Kier alpha value is -5.38. The number of fused-ring (bicyclic) bond motifs is 1. The van der Waals surface area contributed by atoms with Gasteiger partial charge in [0.2, 0.25) is 0 Å². The molecule has 1 atom stereocenters. The van der Waals surface area contributed by atoms with Crippen LogP contribution in [0.4, 0.5) is 0 Å². The van der Waals surface area contributed by atoms with E-state index in [1.807, 2.05) is 66.7 Å². The molecular weight excluding hydrogens is 681 g/mol. The van der Waals surface area contributed by atoms with Gasteiger partial charge in [0.15, 0.2) is 0 Å². The van der Waals surface area contributed by atoms with E-state index in [-0.39, 0.29) is 17.2 Å². The molecule has 1 heterocycles. The molecule has 0 aromatic heterocycles. The third kappa shape index (κ3) is 11.3. The summed E-state index contributed by atoms with van der Waals surface area (Å²) in [4.78, 5) is 4.66. The Labute approximate surface area is 318 Å². The fraction of sp³-hybridized carbons (Fsp3) is 0.333. The van der Waals surface area contributed by atoms with Crippen LogP contribution in [0.2, 0.25) is 0 Å². The van der Waals surface area contributed by atoms with E-state index in [1.165, 1.54) is 37.9 Å². The molecule has 0 amide bonds. The van der Waals surface area contributed by atoms with Crippen LogP contribution in [0.1, 0.15) is 48.8 Å². The van der Waals surface area contributed by atoms with Crippen LogP contribution in [0, 0.1) is 0 Å². The highest BCUT2D eigenvalue weighted by molar-refractivity contribution is 5.52. The lowest BCUT2D eigenvalue weighted by molar-refractivity contribution is 0.183. The third-order valence-electron chi connectivity index (χ3n) is 9.90. The maximum Gasteiger partial charge on any atom is 0.134 e. The highest BCUT2D eigenvalue weighted by Gasteiger charge is 2.27. The van der Waals surface area contributed by atoms with Gasteiger partial charge >= 0.3 is 0 Å². The van der Waals surface area contributed by atoms with E-state index in [9.17, 15) is 15.3 Å². The van der Waals surface area contributed by atoms with E-state index < -0.39 is 0 Å². The van der Waals surface area contributed by atoms with Gasteiger partial charge in [-0.25, -0.2) is 0 Å². The molecule has 7 rings (SSSR count). The first-order valence-electron chi connectivity index (χ1n) is 19.0. The molecule has 1 aliphatic heterocycles. The quantitative estimate of drug-likeness (QED) is 0.103. The molecule has 5 aromatic rings. The number of likely N-dealkylation sites (N-methyl/N-ethyl adjacent to an activating group) is 1. The van der Waals surface area contributed by atoms with Crippen LogP contribution in [-0.4, -0.2) is 78.1 Å². The second-order valence-corrected chi connectivity index (χ2v) is 13.9. The first-order chi connectivity index (χ1) is 26.3. The van der Waals surface area contributed by atoms with Crippen LogP contribution < -0.4 is 18.9 Å². The fourth-order valence-electron chi connectivity index (χ4n) is 6.73. The summed E-state index contributed by atoms with van der Waals surface area (Å²) in [7, 11) is 2.07. The van der Waals surface area contributed by atoms with E-state index in [0.717, 1.165) is 60.9 Å². The lowest BCUT2D eigenvalue weighted by atomic mass is 9.96. The fourth-order valence-corrected chi connectivity index (χ4v) is 6.73. The molecule has 9 nitrogen and oxygen atoms in total. The third-order valence-corrected chi connectivity index (χ3v) is 9.90. The van der Waals surface area contributed by atoms with Crippen molar-refractivity contribution < 1.29 is 34.3 Å². The van der Waals surface area contributed by atoms with E-state index in [4.69, 9.17) is 18.9 Å². The van der Waals surface area contributed by atoms with Crippen LogP contribution >= 0.6 is 0 Å². The predicted octanol–water partition coefficient (Wildman–Crippen LogP) is 9.15. The number of benzene rings is 5. The van der Waals surface area contributed by atoms with Gasteiger partial charge < -0.3 is 39.2 Å². The molecule has 2 aliphatic rings. The molecule has 0 radical (unpaired) electrons. The van der Waals surface area contributed by atoms with Gasteiger partial charge in [-0.2, -0.15) is 0 Å². The summed E-state index contributed by atoms with van der Waals surface area (Å²) in [6.45, 7) is 8.72. The topological polar surface area (TPSA) is 104 Å². The van der Waals surface area contributed by atoms with E-state index in [2.05, 4.69) is 23.8 Å². The van der Waals surface area contributed by atoms with Crippen molar-refractivity contribution in [2.75, 3.05) is 53.0 Å². The average molecular weight is 733 g/mol. The van der Waals surface area contributed by atoms with Gasteiger partial charge in [0.25, 0.3) is 0 Å². The monoisotopic (exact) mass is 732 g/mol. The molecule has 3 N–H and O–H groups in total. The Kier molecular flexibility index (Phi) is 13.6. The van der Waals surface area contributed by atoms with Gasteiger partial charge in [-0.15, -0.1) is 0 Å². The Balaban J connectivity index is 0.000000205. The molecule has 0 saturated carbocycles. The van der Waals surface area contributed by atoms with Crippen LogP contribution in [0.15, 0.2) is 109 Å². The van der Waals surface area contributed by atoms with Crippen LogP contribution in [-0.2, 0) is 12.8 Å². The Bertz CT molecular complexity index is 1890. The van der Waals surface area contributed by atoms with Crippen molar-refractivity contribution in [3.05, 3.63) is 126 Å². The maximum atomic E-state index is 10.3. The standard InChI is InChI=1S/C28H31NO4.C17H21NO3/c30-23-6-4-20(5-7-23)21-16-22-17-24(31)19-28(27(22)18-21)33-26-10-8-25(9-11-26)32-15-14-29-12-2-1-3-13-29;1-3-18(2)11-12-20-15-7-9-16(10-8-15)21-17-6-4-5-14(19)13-17/h4-11,17,19,21,30-31H,1-3,12-16,18H2;4-10,13,19H,3,11-12H2,1-2H3. The summed E-state index contributed by atoms with van der Waals surface area (Å²) in [5.41, 5.74) is 3.42. The Morgan fingerprint density at radius 3 is 1.94 bits per heavy atom. The molecule has 9 heteroatoms. The van der Waals surface area contributed by atoms with Crippen molar-refractivity contribution in [3.63, 3.8) is 0 Å². The molecular formula is C45H52N2O7. The molecule has 0 bridgehead atoms. The van der Waals surface area contributed by atoms with Crippen LogP contribution in [0.5, 0.6) is 51.7 Å². The average Bonchev–Trinajstić information content (AvgIpc) is 3.61. The van der Waals surface area contributed by atoms with E-state index >= 15 is 0 Å². The van der Waals surface area contributed by atoms with Gasteiger partial charge in [-0.3, -0.25) is 4.90 Å². The molecule has 1 unspecified atom stereocenters. The van der Waals surface area contributed by atoms with Crippen molar-refractivity contribution in [2.45, 2.75) is 44.9 Å². The first kappa shape index (κ1) is 38.3. The Morgan fingerprint density at radius 1 is 0.630 bits per heavy atom. The number of piperidine rings is 1. The number of aromatic hydroxyl groups is 3. The predicted molar refractivity (Wildman–Crippen MR) is 212 cm³/mol. The second-order valence-electron chi connectivity index (χ2n) is 13.9. The molecule has 0 spiro atoms. The zero-order valence-electron chi connectivity index (χ0n) is 31.3. The lowest BCUT2D eigenvalue weighted by Crippen LogP contribution is -2.33. The van der Waals surface area contributed by atoms with Gasteiger partial charge in [-0.05, 0) is 154 Å². The zero-order valence-corrected chi connectivity index (χ0v) is 31.3. The van der Waals surface area contributed by atoms with Crippen molar-refractivity contribution in [1.82, 2.24) is 9.80 Å². The Morgan fingerprint density at radius 2 is 1.28 bits per heavy atom. The minimum absolute atomic E-state index is 0.187. The molecule has 1 aliphatic carbocycles. The number of ether oxygens (including phenoxy) is 4. The number of likely N-dealkylation sites (tertiary alicyclic amines) is 1. The second kappa shape index (κ2) is 19.1. The summed E-state index contributed by atoms with van der Waals surface area (Å²) in [5.74, 6) is 5.38. The van der Waals surface area contributed by atoms with Crippen LogP contribution in [0.25, 0.3) is 0 Å². The minimum Gasteiger partial charge on any atom is -0.508 e. The molecule has 1 fully saturated rings. The van der Waals surface area contributed by atoms with Crippen molar-refractivity contribution in [2.24, 2.45) is 0 Å². The number of hydrogen-bond acceptors (Lipinski definition) is 9. The summed E-state index contributed by atoms with van der Waals surface area (Å²) < 4.78 is 23.4. The summed E-state index contributed by atoms with van der Waals surface area (Å²) in [6.07, 6.45) is 5.61. The smallest absolute Gasteiger partial charge is 0.134 e. The van der Waals surface area contributed by atoms with Crippen molar-refractivity contribution in [3.8, 4) is 51.7 Å². The number of nitrogens with zero attached hydrogens (tertiary/aromatic N) is 2. The molecule has 1 saturated heterocycles. The summed E-state index contributed by atoms with van der Waals surface area (Å²) in [6, 6.07) is 32.8. The highest BCUT2D eigenvalue weighted by atomic mass is 16.5. The van der Waals surface area contributed by atoms with E-state index in [1.54, 1.807) is 42.5 Å². The van der Waals surface area contributed by atoms with Gasteiger partial charge in [-0.1, -0.05) is 31.5 Å². The number of phenols is 3. The normalized spacial score (nSPS) is 15.2. The SMILES string of the molecule is CCN(C)CCOc1ccc(Oc2cccc(O)c2)cc1.Oc1ccc(C2Cc3cc(O)cc(Oc4ccc(OCCN5CCCCC5)cc4)c3C2)cc1. The van der Waals surface area contributed by atoms with Crippen LogP contribution in [0.3, 0.4) is 0 Å². The van der Waals surface area contributed by atoms with Crippen molar-refractivity contribution in [1.29, 1.82) is 0 Å². The highest BCUT2D eigenvalue weighted by Crippen LogP contribution is 2.43. The summed E-state index contributed by atoms with van der Waals surface area (Å²) >= 11 is 0. The van der Waals surface area contributed by atoms with E-state index in [0.29, 0.717) is 36.4 Å². The summed E-state index contributed by atoms with van der Waals surface area (Å²) in [5, 5.41) is 29.2. The van der Waals surface area contributed by atoms with Crippen molar-refractivity contribution >= 4 is 0 Å². The number of phenolic OH excluding ortho intramolecular Hbond substituents is 3. The van der Waals surface area contributed by atoms with Gasteiger partial charge in [0.1, 0.15) is 65.0 Å². The number of rotatable bonds is 14. The lowest BCUT2D eigenvalue weighted by Gasteiger charge is -2.26. The maximum absolute atomic E-state index is 10.3. The molecule has 284 valence electrons. The minimum atomic E-state index is 0.187.